The number of carbonyl (C=O) groups is 1. The molecule has 0 unspecified atom stereocenters. The summed E-state index contributed by atoms with van der Waals surface area (Å²) in [6.07, 6.45) is 1.08. The van der Waals surface area contributed by atoms with Gasteiger partial charge in [-0.05, 0) is 51.8 Å². The van der Waals surface area contributed by atoms with E-state index < -0.39 is 21.7 Å². The first-order valence-corrected chi connectivity index (χ1v) is 10.2. The summed E-state index contributed by atoms with van der Waals surface area (Å²) in [5.74, 6) is -0.920. The van der Waals surface area contributed by atoms with Crippen LogP contribution in [0.2, 0.25) is 5.02 Å². The quantitative estimate of drug-likeness (QED) is 0.509. The van der Waals surface area contributed by atoms with E-state index >= 15 is 0 Å². The van der Waals surface area contributed by atoms with Gasteiger partial charge in [-0.1, -0.05) is 17.7 Å². The molecule has 2 rings (SSSR count). The third kappa shape index (κ3) is 6.02. The zero-order valence-electron chi connectivity index (χ0n) is 14.4. The molecule has 0 bridgehead atoms. The van der Waals surface area contributed by atoms with Crippen molar-refractivity contribution in [1.29, 1.82) is 0 Å². The Morgan fingerprint density at radius 2 is 2.00 bits per heavy atom. The van der Waals surface area contributed by atoms with E-state index in [0.29, 0.717) is 10.0 Å². The third-order valence-electron chi connectivity index (χ3n) is 3.28. The van der Waals surface area contributed by atoms with Gasteiger partial charge in [0.1, 0.15) is 17.1 Å². The van der Waals surface area contributed by atoms with Gasteiger partial charge < -0.3 is 10.2 Å². The lowest BCUT2D eigenvalue weighted by Gasteiger charge is -2.10. The highest BCUT2D eigenvalue weighted by Gasteiger charge is 2.18. The smallest absolute Gasteiger partial charge is 0.284 e. The number of nitrogens with one attached hydrogen (secondary N) is 1. The number of halogens is 3. The molecule has 0 aliphatic heterocycles. The van der Waals surface area contributed by atoms with Crippen LogP contribution in [0.25, 0.3) is 0 Å². The van der Waals surface area contributed by atoms with Gasteiger partial charge in [0, 0.05) is 29.3 Å². The SMILES string of the molecule is CN(C)/C=N/S(=O)(=O)c1cc(NC(=O)Cc2ccc(F)cc2Cl)ccc1Br. The van der Waals surface area contributed by atoms with Gasteiger partial charge in [-0.15, -0.1) is 4.40 Å². The largest absolute Gasteiger partial charge is 0.368 e. The topological polar surface area (TPSA) is 78.8 Å². The normalized spacial score (nSPS) is 11.6. The van der Waals surface area contributed by atoms with E-state index in [1.807, 2.05) is 0 Å². The van der Waals surface area contributed by atoms with E-state index in [4.69, 9.17) is 11.6 Å². The number of amides is 1. The molecule has 0 saturated carbocycles. The molecule has 6 nitrogen and oxygen atoms in total. The number of nitrogens with zero attached hydrogens (tertiary/aromatic N) is 2. The second-order valence-corrected chi connectivity index (χ2v) is 8.63. The Morgan fingerprint density at radius 1 is 1.30 bits per heavy atom. The zero-order valence-corrected chi connectivity index (χ0v) is 17.6. The molecule has 1 N–H and O–H groups in total. The number of carbonyl (C=O) groups excluding carboxylic acids is 1. The van der Waals surface area contributed by atoms with Crippen LogP contribution in [-0.4, -0.2) is 39.7 Å². The maximum absolute atomic E-state index is 13.1. The summed E-state index contributed by atoms with van der Waals surface area (Å²) in [7, 11) is -0.660. The molecule has 0 aliphatic carbocycles. The van der Waals surface area contributed by atoms with Crippen LogP contribution in [0.5, 0.6) is 0 Å². The van der Waals surface area contributed by atoms with Gasteiger partial charge in [0.2, 0.25) is 5.91 Å². The standard InChI is InChI=1S/C17H16BrClFN3O3S/c1-23(2)10-21-27(25,26)16-9-13(5-6-14(16)18)22-17(24)7-11-3-4-12(20)8-15(11)19/h3-6,8-10H,7H2,1-2H3,(H,22,24)/b21-10+. The first-order valence-electron chi connectivity index (χ1n) is 7.59. The van der Waals surface area contributed by atoms with E-state index in [0.717, 1.165) is 6.07 Å². The minimum Gasteiger partial charge on any atom is -0.368 e. The number of anilines is 1. The van der Waals surface area contributed by atoms with Crippen LogP contribution in [0, 0.1) is 5.82 Å². The minimum absolute atomic E-state index is 0.0850. The number of hydrogen-bond donors (Lipinski definition) is 1. The van der Waals surface area contributed by atoms with Crippen LogP contribution in [0.15, 0.2) is 50.2 Å². The molecule has 1 amide bonds. The summed E-state index contributed by atoms with van der Waals surface area (Å²) in [6.45, 7) is 0. The molecule has 144 valence electrons. The van der Waals surface area contributed by atoms with Gasteiger partial charge in [-0.3, -0.25) is 4.79 Å². The lowest BCUT2D eigenvalue weighted by molar-refractivity contribution is -0.115. The van der Waals surface area contributed by atoms with Gasteiger partial charge in [0.05, 0.1) is 6.42 Å². The Labute approximate surface area is 170 Å². The molecule has 0 atom stereocenters. The summed E-state index contributed by atoms with van der Waals surface area (Å²) in [6, 6.07) is 8.10. The van der Waals surface area contributed by atoms with Gasteiger partial charge in [-0.25, -0.2) is 4.39 Å². The van der Waals surface area contributed by atoms with Gasteiger partial charge >= 0.3 is 0 Å². The zero-order chi connectivity index (χ0) is 20.2. The monoisotopic (exact) mass is 475 g/mol. The molecule has 0 radical (unpaired) electrons. The molecule has 2 aromatic carbocycles. The van der Waals surface area contributed by atoms with Gasteiger partial charge in [0.25, 0.3) is 10.0 Å². The van der Waals surface area contributed by atoms with Crippen molar-refractivity contribution in [3.05, 3.63) is 57.3 Å². The third-order valence-corrected chi connectivity index (χ3v) is 5.85. The molecular formula is C17H16BrClFN3O3S. The second-order valence-electron chi connectivity index (χ2n) is 5.77. The van der Waals surface area contributed by atoms with Gasteiger partial charge in [-0.2, -0.15) is 8.42 Å². The van der Waals surface area contributed by atoms with Crippen LogP contribution in [-0.2, 0) is 21.2 Å². The Kier molecular flexibility index (Phi) is 6.96. The summed E-state index contributed by atoms with van der Waals surface area (Å²) < 4.78 is 41.7. The predicted octanol–water partition coefficient (Wildman–Crippen LogP) is 3.70. The van der Waals surface area contributed by atoms with Crippen LogP contribution in [0.4, 0.5) is 10.1 Å². The average Bonchev–Trinajstić information content (AvgIpc) is 2.57. The van der Waals surface area contributed by atoms with E-state index in [9.17, 15) is 17.6 Å². The van der Waals surface area contributed by atoms with Crippen molar-refractivity contribution in [1.82, 2.24) is 4.90 Å². The van der Waals surface area contributed by atoms with Crippen LogP contribution in [0.3, 0.4) is 0 Å². The lowest BCUT2D eigenvalue weighted by atomic mass is 10.1. The van der Waals surface area contributed by atoms with Crippen molar-refractivity contribution < 1.29 is 17.6 Å². The first kappa shape index (κ1) is 21.3. The van der Waals surface area contributed by atoms with Crippen molar-refractivity contribution in [2.45, 2.75) is 11.3 Å². The van der Waals surface area contributed by atoms with Crippen molar-refractivity contribution >= 4 is 55.5 Å². The maximum atomic E-state index is 13.1. The molecule has 0 aliphatic rings. The van der Waals surface area contributed by atoms with E-state index in [1.165, 1.54) is 35.5 Å². The predicted molar refractivity (Wildman–Crippen MR) is 107 cm³/mol. The van der Waals surface area contributed by atoms with E-state index in [2.05, 4.69) is 25.6 Å². The van der Waals surface area contributed by atoms with E-state index in [-0.39, 0.29) is 22.0 Å². The maximum Gasteiger partial charge on any atom is 0.284 e. The molecular weight excluding hydrogens is 461 g/mol. The fraction of sp³-hybridized carbons (Fsp3) is 0.176. The Hall–Kier alpha value is -1.97. The molecule has 0 aromatic heterocycles. The first-order chi connectivity index (χ1) is 12.6. The second kappa shape index (κ2) is 8.81. The van der Waals surface area contributed by atoms with Crippen LogP contribution in [0.1, 0.15) is 5.56 Å². The molecule has 10 heteroatoms. The average molecular weight is 477 g/mol. The molecule has 0 heterocycles. The lowest BCUT2D eigenvalue weighted by Crippen LogP contribution is -2.15. The van der Waals surface area contributed by atoms with Crippen molar-refractivity contribution in [3.63, 3.8) is 0 Å². The summed E-state index contributed by atoms with van der Waals surface area (Å²) >= 11 is 9.09. The molecule has 2 aromatic rings. The van der Waals surface area contributed by atoms with Crippen molar-refractivity contribution in [2.24, 2.45) is 4.40 Å². The highest BCUT2D eigenvalue weighted by atomic mass is 79.9. The van der Waals surface area contributed by atoms with Crippen LogP contribution >= 0.6 is 27.5 Å². The highest BCUT2D eigenvalue weighted by Crippen LogP contribution is 2.27. The summed E-state index contributed by atoms with van der Waals surface area (Å²) in [5.41, 5.74) is 0.733. The molecule has 0 saturated heterocycles. The molecule has 0 spiro atoms. The fourth-order valence-corrected chi connectivity index (χ4v) is 4.15. The van der Waals surface area contributed by atoms with Crippen molar-refractivity contribution in [3.8, 4) is 0 Å². The molecule has 27 heavy (non-hydrogen) atoms. The molecule has 0 fully saturated rings. The highest BCUT2D eigenvalue weighted by molar-refractivity contribution is 9.10. The van der Waals surface area contributed by atoms with E-state index in [1.54, 1.807) is 20.2 Å². The number of rotatable bonds is 6. The number of sulfonamides is 1. The summed E-state index contributed by atoms with van der Waals surface area (Å²) in [5, 5.41) is 2.74. The number of benzene rings is 2. The Bertz CT molecular complexity index is 997. The fourth-order valence-electron chi connectivity index (χ4n) is 2.04. The summed E-state index contributed by atoms with van der Waals surface area (Å²) in [4.78, 5) is 13.6. The number of hydrogen-bond acceptors (Lipinski definition) is 3. The van der Waals surface area contributed by atoms with Crippen molar-refractivity contribution in [2.75, 3.05) is 19.4 Å². The minimum atomic E-state index is -3.95. The van der Waals surface area contributed by atoms with Crippen LogP contribution < -0.4 is 5.32 Å². The van der Waals surface area contributed by atoms with Gasteiger partial charge in [0.15, 0.2) is 0 Å². The Morgan fingerprint density at radius 3 is 2.63 bits per heavy atom. The Balaban J connectivity index is 2.21.